The predicted molar refractivity (Wildman–Crippen MR) is 325 cm³/mol. The number of furan rings is 1. The second kappa shape index (κ2) is 16.2. The molecule has 0 bridgehead atoms. The Morgan fingerprint density at radius 1 is 0.329 bits per heavy atom. The minimum Gasteiger partial charge on any atom is -0.456 e. The number of fused-ring (bicyclic) bond motifs is 22. The lowest BCUT2D eigenvalue weighted by atomic mass is 9.64. The highest BCUT2D eigenvalue weighted by Crippen LogP contribution is 2.67. The minimum absolute atomic E-state index is 0.0917. The first kappa shape index (κ1) is 46.0. The van der Waals surface area contributed by atoms with Crippen LogP contribution in [0.4, 0.5) is 17.1 Å². The van der Waals surface area contributed by atoms with Gasteiger partial charge >= 0.3 is 0 Å². The van der Waals surface area contributed by atoms with Crippen LogP contribution in [0.3, 0.4) is 0 Å². The van der Waals surface area contributed by atoms with E-state index < -0.39 is 10.8 Å². The van der Waals surface area contributed by atoms with Gasteiger partial charge in [-0.05, 0) is 137 Å². The van der Waals surface area contributed by atoms with Crippen molar-refractivity contribution in [1.29, 1.82) is 0 Å². The first-order valence-electron chi connectivity index (χ1n) is 27.9. The summed E-state index contributed by atoms with van der Waals surface area (Å²) in [7, 11) is 0. The van der Waals surface area contributed by atoms with Gasteiger partial charge in [0.25, 0.3) is 0 Å². The Morgan fingerprint density at radius 2 is 0.772 bits per heavy atom. The molecule has 0 amide bonds. The number of para-hydroxylation sites is 4. The number of rotatable bonds is 4. The molecule has 3 heteroatoms. The molecule has 0 fully saturated rings. The lowest BCUT2D eigenvalue weighted by molar-refractivity contribution is 0.437. The molecule has 0 unspecified atom stereocenters. The van der Waals surface area contributed by atoms with Crippen LogP contribution in [0.1, 0.15) is 97.2 Å². The minimum atomic E-state index is -0.721. The van der Waals surface area contributed by atoms with Crippen molar-refractivity contribution in [3.8, 4) is 56.0 Å². The molecule has 0 saturated heterocycles. The van der Waals surface area contributed by atoms with Gasteiger partial charge in [-0.3, -0.25) is 0 Å². The third kappa shape index (κ3) is 6.13. The van der Waals surface area contributed by atoms with Gasteiger partial charge in [0.05, 0.1) is 22.2 Å². The van der Waals surface area contributed by atoms with Crippen molar-refractivity contribution in [3.63, 3.8) is 0 Å². The first-order chi connectivity index (χ1) is 38.5. The molecule has 4 aliphatic rings. The topological polar surface area (TPSA) is 25.6 Å². The van der Waals surface area contributed by atoms with Crippen molar-refractivity contribution in [3.05, 3.63) is 292 Å². The Labute approximate surface area is 462 Å². The third-order valence-electron chi connectivity index (χ3n) is 18.1. The van der Waals surface area contributed by atoms with E-state index in [1.165, 1.54) is 77.9 Å². The number of hydrogen-bond donors (Lipinski definition) is 0. The largest absolute Gasteiger partial charge is 0.456 e. The molecule has 12 aromatic rings. The average Bonchev–Trinajstić information content (AvgIpc) is 2.14. The van der Waals surface area contributed by atoms with Gasteiger partial charge in [0.2, 0.25) is 0 Å². The van der Waals surface area contributed by atoms with Crippen LogP contribution in [0.15, 0.2) is 241 Å². The van der Waals surface area contributed by atoms with Crippen LogP contribution in [0.25, 0.3) is 66.4 Å². The fraction of sp³-hybridized carbons (Fsp3) is 0.132. The van der Waals surface area contributed by atoms with Crippen molar-refractivity contribution < 1.29 is 9.15 Å². The average molecular weight is 1020 g/mol. The number of nitrogens with zero attached hydrogens (tertiary/aromatic N) is 1. The van der Waals surface area contributed by atoms with E-state index in [4.69, 9.17) is 9.15 Å². The Balaban J connectivity index is 1.03. The van der Waals surface area contributed by atoms with E-state index in [0.29, 0.717) is 0 Å². The third-order valence-corrected chi connectivity index (χ3v) is 18.1. The maximum absolute atomic E-state index is 7.68. The van der Waals surface area contributed by atoms with Crippen LogP contribution in [-0.2, 0) is 21.7 Å². The molecule has 0 saturated carbocycles. The van der Waals surface area contributed by atoms with Crippen LogP contribution >= 0.6 is 0 Å². The zero-order valence-electron chi connectivity index (χ0n) is 45.3. The predicted octanol–water partition coefficient (Wildman–Crippen LogP) is 20.1. The summed E-state index contributed by atoms with van der Waals surface area (Å²) in [6.45, 7) is 14.0. The Hall–Kier alpha value is -9.18. The second-order valence-corrected chi connectivity index (χ2v) is 24.3. The molecule has 0 radical (unpaired) electrons. The molecule has 1 aromatic heterocycles. The van der Waals surface area contributed by atoms with Crippen LogP contribution < -0.4 is 9.64 Å². The molecule has 79 heavy (non-hydrogen) atoms. The second-order valence-electron chi connectivity index (χ2n) is 24.3. The summed E-state index contributed by atoms with van der Waals surface area (Å²) < 4.78 is 14.3. The van der Waals surface area contributed by atoms with Crippen molar-refractivity contribution in [2.75, 3.05) is 4.90 Å². The van der Waals surface area contributed by atoms with E-state index >= 15 is 0 Å². The lowest BCUT2D eigenvalue weighted by Gasteiger charge is -2.42. The summed E-state index contributed by atoms with van der Waals surface area (Å²) in [6, 6.07) is 88.6. The standard InChI is InChI=1S/C76H57NO2/c1-73(2,3)46-37-40-52-53-41-38-47(74(4,5)6)44-64(53)76(63(52)43-46)61-30-15-18-35-69(61)79-72-62(76)31-20-33-67(72)77(66-32-16-10-24-55(66)56-26-19-36-70-71(56)57-25-11-17-34-68(57)78-70)48-39-42-54-51-23-9-14-29-60(51)75(65(54)45-48)58-27-12-7-21-49(58)50-22-8-13-28-59(50)75/h7-45H,1-6H3. The molecular formula is C76H57NO2. The Morgan fingerprint density at radius 3 is 1.41 bits per heavy atom. The highest BCUT2D eigenvalue weighted by atomic mass is 16.5. The van der Waals surface area contributed by atoms with Gasteiger partial charge in [-0.1, -0.05) is 236 Å². The summed E-state index contributed by atoms with van der Waals surface area (Å²) in [6.07, 6.45) is 0. The maximum atomic E-state index is 7.68. The van der Waals surface area contributed by atoms with Crippen molar-refractivity contribution >= 4 is 39.0 Å². The van der Waals surface area contributed by atoms with E-state index in [2.05, 4.69) is 283 Å². The zero-order chi connectivity index (χ0) is 53.2. The molecule has 1 aliphatic heterocycles. The van der Waals surface area contributed by atoms with Crippen LogP contribution in [0.2, 0.25) is 0 Å². The van der Waals surface area contributed by atoms with Gasteiger partial charge in [-0.25, -0.2) is 0 Å². The van der Waals surface area contributed by atoms with E-state index in [1.807, 2.05) is 0 Å². The highest BCUT2D eigenvalue weighted by Gasteiger charge is 2.54. The molecule has 3 nitrogen and oxygen atoms in total. The van der Waals surface area contributed by atoms with Crippen molar-refractivity contribution in [2.45, 2.75) is 63.2 Å². The quantitative estimate of drug-likeness (QED) is 0.176. The fourth-order valence-corrected chi connectivity index (χ4v) is 14.6. The van der Waals surface area contributed by atoms with E-state index in [1.54, 1.807) is 0 Å². The van der Waals surface area contributed by atoms with E-state index in [0.717, 1.165) is 72.8 Å². The molecule has 3 aliphatic carbocycles. The number of hydrogen-bond acceptors (Lipinski definition) is 3. The lowest BCUT2D eigenvalue weighted by Crippen LogP contribution is -2.33. The highest BCUT2D eigenvalue weighted by molar-refractivity contribution is 6.14. The molecule has 16 rings (SSSR count). The number of anilines is 3. The van der Waals surface area contributed by atoms with Crippen molar-refractivity contribution in [2.24, 2.45) is 0 Å². The van der Waals surface area contributed by atoms with E-state index in [9.17, 15) is 0 Å². The zero-order valence-corrected chi connectivity index (χ0v) is 45.3. The number of ether oxygens (including phenoxy) is 1. The molecule has 0 N–H and O–H groups in total. The van der Waals surface area contributed by atoms with Gasteiger partial charge < -0.3 is 14.1 Å². The summed E-state index contributed by atoms with van der Waals surface area (Å²) in [5, 5.41) is 2.18. The number of benzene rings is 11. The Bertz CT molecular complexity index is 4450. The molecule has 2 spiro atoms. The monoisotopic (exact) mass is 1020 g/mol. The molecule has 2 heterocycles. The van der Waals surface area contributed by atoms with Crippen molar-refractivity contribution in [1.82, 2.24) is 0 Å². The fourth-order valence-electron chi connectivity index (χ4n) is 14.6. The van der Waals surface area contributed by atoms with Gasteiger partial charge in [0, 0.05) is 33.2 Å². The SMILES string of the molecule is CC(C)(C)c1ccc2c(c1)C1(c3ccccc3Oc3c(N(c4ccc5c(c4)C4(c6ccccc6-c6ccccc64)c4ccccc4-5)c4ccccc4-c4cccc5oc6ccccc6c45)cccc31)c1cc(C(C)(C)C)ccc1-2. The summed E-state index contributed by atoms with van der Waals surface area (Å²) in [4.78, 5) is 2.51. The smallest absolute Gasteiger partial charge is 0.156 e. The van der Waals surface area contributed by atoms with Gasteiger partial charge in [-0.2, -0.15) is 0 Å². The van der Waals surface area contributed by atoms with Crippen LogP contribution in [0, 0.1) is 0 Å². The summed E-state index contributed by atoms with van der Waals surface area (Å²) >= 11 is 0. The van der Waals surface area contributed by atoms with Crippen LogP contribution in [0.5, 0.6) is 11.5 Å². The molecule has 378 valence electrons. The maximum Gasteiger partial charge on any atom is 0.156 e. The molecule has 11 aromatic carbocycles. The molecule has 0 atom stereocenters. The normalized spacial score (nSPS) is 14.5. The first-order valence-corrected chi connectivity index (χ1v) is 27.9. The molecular weight excluding hydrogens is 959 g/mol. The van der Waals surface area contributed by atoms with Gasteiger partial charge in [0.1, 0.15) is 16.9 Å². The summed E-state index contributed by atoms with van der Waals surface area (Å²) in [5.74, 6) is 1.69. The summed E-state index contributed by atoms with van der Waals surface area (Å²) in [5.41, 5.74) is 25.7. The Kier molecular flexibility index (Phi) is 9.42. The van der Waals surface area contributed by atoms with Gasteiger partial charge in [0.15, 0.2) is 5.75 Å². The van der Waals surface area contributed by atoms with Crippen LogP contribution in [-0.4, -0.2) is 0 Å². The van der Waals surface area contributed by atoms with E-state index in [-0.39, 0.29) is 10.8 Å². The van der Waals surface area contributed by atoms with Gasteiger partial charge in [-0.15, -0.1) is 0 Å².